The first-order valence-corrected chi connectivity index (χ1v) is 11.3. The first kappa shape index (κ1) is 21.8. The number of urea groups is 1. The van der Waals surface area contributed by atoms with Gasteiger partial charge in [-0.1, -0.05) is 62.4 Å². The summed E-state index contributed by atoms with van der Waals surface area (Å²) in [6, 6.07) is 13.9. The fraction of sp³-hybridized carbons (Fsp3) is 0.364. The van der Waals surface area contributed by atoms with Gasteiger partial charge in [-0.05, 0) is 29.5 Å². The summed E-state index contributed by atoms with van der Waals surface area (Å²) in [4.78, 5) is 27.2. The quantitative estimate of drug-likeness (QED) is 0.737. The van der Waals surface area contributed by atoms with Gasteiger partial charge in [0.05, 0.1) is 4.90 Å². The molecule has 0 bridgehead atoms. The summed E-state index contributed by atoms with van der Waals surface area (Å²) >= 11 is 0. The van der Waals surface area contributed by atoms with E-state index in [-0.39, 0.29) is 22.6 Å². The summed E-state index contributed by atoms with van der Waals surface area (Å²) < 4.78 is 27.2. The van der Waals surface area contributed by atoms with Crippen molar-refractivity contribution >= 4 is 22.0 Å². The molecule has 1 aliphatic heterocycles. The van der Waals surface area contributed by atoms with Gasteiger partial charge in [0.1, 0.15) is 6.04 Å². The molecule has 1 aliphatic rings. The number of benzene rings is 2. The molecule has 0 aromatic heterocycles. The van der Waals surface area contributed by atoms with Crippen LogP contribution in [0.4, 0.5) is 4.79 Å². The number of amides is 3. The van der Waals surface area contributed by atoms with E-state index in [0.717, 1.165) is 5.56 Å². The summed E-state index contributed by atoms with van der Waals surface area (Å²) in [7, 11) is -4.05. The van der Waals surface area contributed by atoms with E-state index in [1.165, 1.54) is 6.07 Å². The fourth-order valence-corrected chi connectivity index (χ4v) is 4.80. The predicted molar refractivity (Wildman–Crippen MR) is 114 cm³/mol. The maximum Gasteiger partial charge on any atom is 0.329 e. The molecule has 3 rings (SSSR count). The number of carbonyl (C=O) groups excluding carboxylic acids is 2. The molecule has 0 spiro atoms. The van der Waals surface area contributed by atoms with Gasteiger partial charge in [0, 0.05) is 19.5 Å². The number of carbonyl (C=O) groups is 2. The lowest BCUT2D eigenvalue weighted by Gasteiger charge is -2.47. The van der Waals surface area contributed by atoms with E-state index in [0.29, 0.717) is 18.7 Å². The van der Waals surface area contributed by atoms with E-state index < -0.39 is 22.1 Å². The number of aryl methyl sites for hydroxylation is 1. The molecule has 8 heteroatoms. The van der Waals surface area contributed by atoms with Crippen LogP contribution in [0.2, 0.25) is 0 Å². The lowest BCUT2D eigenvalue weighted by atomic mass is 9.83. The molecule has 2 aromatic carbocycles. The molecule has 1 atom stereocenters. The monoisotopic (exact) mass is 429 g/mol. The highest BCUT2D eigenvalue weighted by molar-refractivity contribution is 7.90. The van der Waals surface area contributed by atoms with Gasteiger partial charge in [-0.15, -0.1) is 0 Å². The molecule has 2 N–H and O–H groups in total. The third kappa shape index (κ3) is 5.18. The molecule has 1 saturated heterocycles. The first-order chi connectivity index (χ1) is 14.1. The van der Waals surface area contributed by atoms with E-state index in [2.05, 4.69) is 19.2 Å². The largest absolute Gasteiger partial charge is 0.340 e. The zero-order chi connectivity index (χ0) is 21.9. The van der Waals surface area contributed by atoms with Crippen molar-refractivity contribution in [3.63, 3.8) is 0 Å². The molecule has 2 aromatic rings. The Labute approximate surface area is 177 Å². The molecule has 0 radical (unpaired) electrons. The molecule has 160 valence electrons. The number of hydrogen-bond donors (Lipinski definition) is 2. The van der Waals surface area contributed by atoms with Gasteiger partial charge in [-0.3, -0.25) is 4.79 Å². The number of rotatable bonds is 6. The second-order valence-corrected chi connectivity index (χ2v) is 10.1. The Morgan fingerprint density at radius 3 is 2.23 bits per heavy atom. The SMILES string of the molecule is Cc1ccccc1S(=O)(=O)NC(=O)NC(Cc1ccccc1)C(=O)N1CC(C)(C)C1. The number of likely N-dealkylation sites (tertiary alicyclic amines) is 1. The summed E-state index contributed by atoms with van der Waals surface area (Å²) in [5.74, 6) is -0.221. The van der Waals surface area contributed by atoms with Crippen LogP contribution in [0, 0.1) is 12.3 Å². The lowest BCUT2D eigenvalue weighted by molar-refractivity contribution is -0.143. The zero-order valence-corrected chi connectivity index (χ0v) is 18.2. The topological polar surface area (TPSA) is 95.6 Å². The van der Waals surface area contributed by atoms with Crippen molar-refractivity contribution in [2.24, 2.45) is 5.41 Å². The Balaban J connectivity index is 1.74. The summed E-state index contributed by atoms with van der Waals surface area (Å²) in [6.07, 6.45) is 0.272. The molecular weight excluding hydrogens is 402 g/mol. The zero-order valence-electron chi connectivity index (χ0n) is 17.4. The lowest BCUT2D eigenvalue weighted by Crippen LogP contribution is -2.61. The van der Waals surface area contributed by atoms with Crippen LogP contribution in [0.25, 0.3) is 0 Å². The minimum absolute atomic E-state index is 0.0237. The Hall–Kier alpha value is -2.87. The average molecular weight is 430 g/mol. The van der Waals surface area contributed by atoms with Crippen LogP contribution < -0.4 is 10.0 Å². The van der Waals surface area contributed by atoms with Gasteiger partial charge in [0.2, 0.25) is 5.91 Å². The molecule has 1 unspecified atom stereocenters. The third-order valence-electron chi connectivity index (χ3n) is 5.05. The van der Waals surface area contributed by atoms with Crippen molar-refractivity contribution in [2.75, 3.05) is 13.1 Å². The van der Waals surface area contributed by atoms with E-state index in [9.17, 15) is 18.0 Å². The predicted octanol–water partition coefficient (Wildman–Crippen LogP) is 2.46. The highest BCUT2D eigenvalue weighted by Crippen LogP contribution is 2.29. The normalized spacial score (nSPS) is 16.3. The highest BCUT2D eigenvalue weighted by atomic mass is 32.2. The standard InChI is InChI=1S/C22H27N3O4S/c1-16-9-7-8-12-19(16)30(28,29)24-21(27)23-18(13-17-10-5-4-6-11-17)20(26)25-14-22(2,3)15-25/h4-12,18H,13-15H2,1-3H3,(H2,23,24,27). The van der Waals surface area contributed by atoms with Crippen molar-refractivity contribution in [2.45, 2.75) is 38.1 Å². The third-order valence-corrected chi connectivity index (χ3v) is 6.54. The van der Waals surface area contributed by atoms with Crippen LogP contribution in [0.15, 0.2) is 59.5 Å². The van der Waals surface area contributed by atoms with Gasteiger partial charge in [0.25, 0.3) is 10.0 Å². The van der Waals surface area contributed by atoms with Crippen LogP contribution >= 0.6 is 0 Å². The van der Waals surface area contributed by atoms with Crippen molar-refractivity contribution < 1.29 is 18.0 Å². The van der Waals surface area contributed by atoms with Gasteiger partial charge >= 0.3 is 6.03 Å². The molecule has 1 fully saturated rings. The van der Waals surface area contributed by atoms with E-state index >= 15 is 0 Å². The molecule has 30 heavy (non-hydrogen) atoms. The van der Waals surface area contributed by atoms with E-state index in [1.807, 2.05) is 35.1 Å². The number of nitrogens with one attached hydrogen (secondary N) is 2. The van der Waals surface area contributed by atoms with E-state index in [1.54, 1.807) is 30.0 Å². The van der Waals surface area contributed by atoms with Gasteiger partial charge in [-0.25, -0.2) is 17.9 Å². The van der Waals surface area contributed by atoms with Crippen LogP contribution in [0.5, 0.6) is 0 Å². The molecule has 0 saturated carbocycles. The van der Waals surface area contributed by atoms with E-state index in [4.69, 9.17) is 0 Å². The number of nitrogens with zero attached hydrogens (tertiary/aromatic N) is 1. The van der Waals surface area contributed by atoms with Crippen molar-refractivity contribution in [3.05, 3.63) is 65.7 Å². The smallest absolute Gasteiger partial charge is 0.329 e. The summed E-state index contributed by atoms with van der Waals surface area (Å²) in [5.41, 5.74) is 1.44. The summed E-state index contributed by atoms with van der Waals surface area (Å²) in [5, 5.41) is 2.57. The summed E-state index contributed by atoms with van der Waals surface area (Å²) in [6.45, 7) is 6.99. The van der Waals surface area contributed by atoms with Gasteiger partial charge in [0.15, 0.2) is 0 Å². The Morgan fingerprint density at radius 1 is 1.03 bits per heavy atom. The molecule has 7 nitrogen and oxygen atoms in total. The molecule has 0 aliphatic carbocycles. The Bertz CT molecular complexity index is 1030. The van der Waals surface area contributed by atoms with Gasteiger partial charge < -0.3 is 10.2 Å². The second-order valence-electron chi connectivity index (χ2n) is 8.45. The molecular formula is C22H27N3O4S. The maximum atomic E-state index is 13.0. The highest BCUT2D eigenvalue weighted by Gasteiger charge is 2.40. The number of hydrogen-bond acceptors (Lipinski definition) is 4. The van der Waals surface area contributed by atoms with Crippen molar-refractivity contribution in [1.29, 1.82) is 0 Å². The van der Waals surface area contributed by atoms with Crippen LogP contribution in [0.1, 0.15) is 25.0 Å². The van der Waals surface area contributed by atoms with Crippen LogP contribution in [-0.2, 0) is 21.2 Å². The van der Waals surface area contributed by atoms with Crippen LogP contribution in [0.3, 0.4) is 0 Å². The Morgan fingerprint density at radius 2 is 1.63 bits per heavy atom. The fourth-order valence-electron chi connectivity index (χ4n) is 3.64. The Kier molecular flexibility index (Phi) is 6.17. The second kappa shape index (κ2) is 8.47. The minimum atomic E-state index is -4.05. The maximum absolute atomic E-state index is 13.0. The number of sulfonamides is 1. The van der Waals surface area contributed by atoms with Crippen LogP contribution in [-0.4, -0.2) is 44.4 Å². The van der Waals surface area contributed by atoms with Crippen molar-refractivity contribution in [3.8, 4) is 0 Å². The first-order valence-electron chi connectivity index (χ1n) is 9.79. The average Bonchev–Trinajstić information content (AvgIpc) is 2.65. The molecule has 1 heterocycles. The van der Waals surface area contributed by atoms with Crippen molar-refractivity contribution in [1.82, 2.24) is 14.9 Å². The minimum Gasteiger partial charge on any atom is -0.340 e. The molecule has 3 amide bonds. The van der Waals surface area contributed by atoms with Gasteiger partial charge in [-0.2, -0.15) is 0 Å².